The van der Waals surface area contributed by atoms with Crippen molar-refractivity contribution in [2.24, 2.45) is 0 Å². The molecule has 0 radical (unpaired) electrons. The number of aromatic amines is 1. The zero-order chi connectivity index (χ0) is 17.3. The third-order valence-electron chi connectivity index (χ3n) is 3.55. The molecule has 0 atom stereocenters. The summed E-state index contributed by atoms with van der Waals surface area (Å²) in [6.45, 7) is 5.98. The van der Waals surface area contributed by atoms with Crippen molar-refractivity contribution >= 4 is 33.1 Å². The molecule has 0 aliphatic heterocycles. The second-order valence-corrected chi connectivity index (χ2v) is 6.30. The van der Waals surface area contributed by atoms with Crippen LogP contribution in [-0.4, -0.2) is 22.5 Å². The molecule has 6 nitrogen and oxygen atoms in total. The Hall–Kier alpha value is -2.67. The van der Waals surface area contributed by atoms with Crippen LogP contribution in [0.4, 0.5) is 5.69 Å². The number of hydrogen-bond donors (Lipinski definition) is 2. The lowest BCUT2D eigenvalue weighted by molar-refractivity contribution is 0.103. The monoisotopic (exact) mass is 343 g/mol. The van der Waals surface area contributed by atoms with Gasteiger partial charge in [-0.05, 0) is 50.6 Å². The Morgan fingerprint density at radius 2 is 2.00 bits per heavy atom. The highest BCUT2D eigenvalue weighted by molar-refractivity contribution is 7.20. The molecular weight excluding hydrogens is 326 g/mol. The number of anilines is 1. The van der Waals surface area contributed by atoms with Crippen LogP contribution in [0.5, 0.6) is 5.75 Å². The quantitative estimate of drug-likeness (QED) is 0.761. The number of carbonyl (C=O) groups is 1. The van der Waals surface area contributed by atoms with Crippen molar-refractivity contribution in [2.45, 2.75) is 20.8 Å². The summed E-state index contributed by atoms with van der Waals surface area (Å²) >= 11 is 1.22. The molecule has 0 aliphatic carbocycles. The number of nitrogens with one attached hydrogen (secondary N) is 2. The fourth-order valence-corrected chi connectivity index (χ4v) is 3.58. The summed E-state index contributed by atoms with van der Waals surface area (Å²) in [5, 5.41) is 3.31. The zero-order valence-corrected chi connectivity index (χ0v) is 14.4. The van der Waals surface area contributed by atoms with Gasteiger partial charge in [0.15, 0.2) is 0 Å². The zero-order valence-electron chi connectivity index (χ0n) is 13.6. The Morgan fingerprint density at radius 3 is 2.67 bits per heavy atom. The van der Waals surface area contributed by atoms with Gasteiger partial charge in [-0.3, -0.25) is 9.59 Å². The molecule has 3 rings (SSSR count). The molecule has 0 saturated carbocycles. The second-order valence-electron chi connectivity index (χ2n) is 5.30. The van der Waals surface area contributed by atoms with Gasteiger partial charge in [0.05, 0.1) is 16.9 Å². The smallest absolute Gasteiger partial charge is 0.266 e. The predicted molar refractivity (Wildman–Crippen MR) is 95.3 cm³/mol. The van der Waals surface area contributed by atoms with Gasteiger partial charge >= 0.3 is 0 Å². The highest BCUT2D eigenvalue weighted by Crippen LogP contribution is 2.28. The van der Waals surface area contributed by atoms with Crippen LogP contribution in [0.1, 0.15) is 28.0 Å². The van der Waals surface area contributed by atoms with E-state index in [2.05, 4.69) is 15.3 Å². The number of H-pyrrole nitrogens is 1. The number of aromatic nitrogens is 2. The number of benzene rings is 1. The maximum atomic E-state index is 12.5. The number of fused-ring (bicyclic) bond motifs is 1. The van der Waals surface area contributed by atoms with Crippen molar-refractivity contribution in [3.8, 4) is 5.75 Å². The number of aryl methyl sites for hydroxylation is 2. The first kappa shape index (κ1) is 16.2. The minimum absolute atomic E-state index is 0.216. The van der Waals surface area contributed by atoms with E-state index in [0.717, 1.165) is 5.75 Å². The van der Waals surface area contributed by atoms with Crippen molar-refractivity contribution in [3.63, 3.8) is 0 Å². The Bertz CT molecular complexity index is 958. The average molecular weight is 343 g/mol. The lowest BCUT2D eigenvalue weighted by Gasteiger charge is -2.06. The Balaban J connectivity index is 1.90. The van der Waals surface area contributed by atoms with Crippen molar-refractivity contribution in [3.05, 3.63) is 50.9 Å². The molecule has 0 spiro atoms. The largest absolute Gasteiger partial charge is 0.494 e. The molecule has 124 valence electrons. The van der Waals surface area contributed by atoms with Gasteiger partial charge in [-0.15, -0.1) is 11.3 Å². The van der Waals surface area contributed by atoms with Crippen molar-refractivity contribution in [2.75, 3.05) is 11.9 Å². The number of amides is 1. The summed E-state index contributed by atoms with van der Waals surface area (Å²) < 4.78 is 5.38. The third kappa shape index (κ3) is 3.03. The molecule has 2 N–H and O–H groups in total. The third-order valence-corrected chi connectivity index (χ3v) is 4.73. The average Bonchev–Trinajstić information content (AvgIpc) is 2.86. The van der Waals surface area contributed by atoms with Crippen LogP contribution in [-0.2, 0) is 0 Å². The topological polar surface area (TPSA) is 84.1 Å². The maximum Gasteiger partial charge on any atom is 0.266 e. The van der Waals surface area contributed by atoms with Gasteiger partial charge in [0.25, 0.3) is 11.5 Å². The summed E-state index contributed by atoms with van der Waals surface area (Å²) in [6, 6.07) is 7.15. The minimum Gasteiger partial charge on any atom is -0.494 e. The van der Waals surface area contributed by atoms with Crippen LogP contribution in [0, 0.1) is 13.8 Å². The SMILES string of the molecule is CCOc1ccc(NC(=O)c2sc3nc(C)[nH]c(=O)c3c2C)cc1. The van der Waals surface area contributed by atoms with E-state index < -0.39 is 0 Å². The summed E-state index contributed by atoms with van der Waals surface area (Å²) in [6.07, 6.45) is 0. The molecule has 0 fully saturated rings. The second kappa shape index (κ2) is 6.45. The van der Waals surface area contributed by atoms with Gasteiger partial charge < -0.3 is 15.0 Å². The molecule has 0 aliphatic rings. The van der Waals surface area contributed by atoms with Gasteiger partial charge in [-0.1, -0.05) is 0 Å². The molecule has 2 heterocycles. The summed E-state index contributed by atoms with van der Waals surface area (Å²) in [5.74, 6) is 1.03. The molecule has 7 heteroatoms. The van der Waals surface area contributed by atoms with Gasteiger partial charge in [0.1, 0.15) is 16.4 Å². The van der Waals surface area contributed by atoms with Crippen LogP contribution in [0.2, 0.25) is 0 Å². The highest BCUT2D eigenvalue weighted by atomic mass is 32.1. The first-order chi connectivity index (χ1) is 11.5. The van der Waals surface area contributed by atoms with Crippen LogP contribution in [0.15, 0.2) is 29.1 Å². The number of nitrogens with zero attached hydrogens (tertiary/aromatic N) is 1. The summed E-state index contributed by atoms with van der Waals surface area (Å²) in [7, 11) is 0. The van der Waals surface area contributed by atoms with E-state index >= 15 is 0 Å². The van der Waals surface area contributed by atoms with E-state index in [-0.39, 0.29) is 11.5 Å². The summed E-state index contributed by atoms with van der Waals surface area (Å²) in [4.78, 5) is 32.7. The van der Waals surface area contributed by atoms with Crippen LogP contribution < -0.4 is 15.6 Å². The first-order valence-corrected chi connectivity index (χ1v) is 8.35. The Kier molecular flexibility index (Phi) is 4.35. The maximum absolute atomic E-state index is 12.5. The first-order valence-electron chi connectivity index (χ1n) is 7.53. The van der Waals surface area contributed by atoms with Crippen LogP contribution >= 0.6 is 11.3 Å². The molecule has 0 bridgehead atoms. The van der Waals surface area contributed by atoms with Gasteiger partial charge in [-0.25, -0.2) is 4.98 Å². The Labute approximate surface area is 142 Å². The molecule has 0 saturated heterocycles. The number of thiophene rings is 1. The number of carbonyl (C=O) groups excluding carboxylic acids is 1. The summed E-state index contributed by atoms with van der Waals surface area (Å²) in [5.41, 5.74) is 1.09. The molecule has 3 aromatic rings. The van der Waals surface area contributed by atoms with Crippen LogP contribution in [0.3, 0.4) is 0 Å². The molecule has 1 amide bonds. The molecule has 1 aromatic carbocycles. The van der Waals surface area contributed by atoms with Gasteiger partial charge in [-0.2, -0.15) is 0 Å². The fourth-order valence-electron chi connectivity index (χ4n) is 2.46. The van der Waals surface area contributed by atoms with Crippen molar-refractivity contribution in [1.82, 2.24) is 9.97 Å². The van der Waals surface area contributed by atoms with Crippen LogP contribution in [0.25, 0.3) is 10.2 Å². The molecular formula is C17H17N3O3S. The van der Waals surface area contributed by atoms with E-state index in [9.17, 15) is 9.59 Å². The van der Waals surface area contributed by atoms with Crippen molar-refractivity contribution in [1.29, 1.82) is 0 Å². The minimum atomic E-state index is -0.253. The molecule has 0 unspecified atom stereocenters. The number of hydrogen-bond acceptors (Lipinski definition) is 5. The van der Waals surface area contributed by atoms with Crippen molar-refractivity contribution < 1.29 is 9.53 Å². The van der Waals surface area contributed by atoms with E-state index in [4.69, 9.17) is 4.74 Å². The highest BCUT2D eigenvalue weighted by Gasteiger charge is 2.19. The van der Waals surface area contributed by atoms with Gasteiger partial charge in [0, 0.05) is 5.69 Å². The Morgan fingerprint density at radius 1 is 1.29 bits per heavy atom. The lowest BCUT2D eigenvalue weighted by atomic mass is 10.2. The number of rotatable bonds is 4. The molecule has 24 heavy (non-hydrogen) atoms. The fraction of sp³-hybridized carbons (Fsp3) is 0.235. The van der Waals surface area contributed by atoms with E-state index in [0.29, 0.717) is 38.8 Å². The van der Waals surface area contributed by atoms with E-state index in [1.165, 1.54) is 11.3 Å². The molecule has 2 aromatic heterocycles. The van der Waals surface area contributed by atoms with E-state index in [1.807, 2.05) is 6.92 Å². The van der Waals surface area contributed by atoms with Gasteiger partial charge in [0.2, 0.25) is 0 Å². The van der Waals surface area contributed by atoms with E-state index in [1.54, 1.807) is 38.1 Å². The normalized spacial score (nSPS) is 10.8. The number of ether oxygens (including phenoxy) is 1. The standard InChI is InChI=1S/C17H17N3O3S/c1-4-23-12-7-5-11(6-8-12)20-16(22)14-9(2)13-15(21)18-10(3)19-17(13)24-14/h5-8H,4H2,1-3H3,(H,20,22)(H,18,19,21). The lowest BCUT2D eigenvalue weighted by Crippen LogP contribution is -2.12. The predicted octanol–water partition coefficient (Wildman–Crippen LogP) is 3.25.